The molecule has 0 spiro atoms. The number of amides is 2. The van der Waals surface area contributed by atoms with Crippen LogP contribution in [-0.4, -0.2) is 50.2 Å². The van der Waals surface area contributed by atoms with Gasteiger partial charge in [0.05, 0.1) is 30.7 Å². The van der Waals surface area contributed by atoms with Crippen molar-refractivity contribution in [2.45, 2.75) is 6.42 Å². The average molecular weight is 363 g/mol. The Bertz CT molecular complexity index is 595. The third kappa shape index (κ3) is 6.33. The van der Waals surface area contributed by atoms with Crippen LogP contribution >= 0.6 is 23.2 Å². The van der Waals surface area contributed by atoms with Crippen molar-refractivity contribution in [2.75, 3.05) is 32.6 Å². The molecule has 23 heavy (non-hydrogen) atoms. The van der Waals surface area contributed by atoms with Crippen molar-refractivity contribution in [3.05, 3.63) is 28.2 Å². The van der Waals surface area contributed by atoms with Gasteiger partial charge in [-0.2, -0.15) is 0 Å². The SMILES string of the molecule is COC(=O)CCN(CC(=O)OC)C(=O)Nc1ccc(Cl)c(Cl)c1. The van der Waals surface area contributed by atoms with Crippen LogP contribution in [0, 0.1) is 0 Å². The van der Waals surface area contributed by atoms with Crippen LogP contribution in [0.5, 0.6) is 0 Å². The molecule has 0 fully saturated rings. The molecule has 2 amide bonds. The summed E-state index contributed by atoms with van der Waals surface area (Å²) in [6, 6.07) is 3.97. The van der Waals surface area contributed by atoms with E-state index in [4.69, 9.17) is 23.2 Å². The smallest absolute Gasteiger partial charge is 0.325 e. The van der Waals surface area contributed by atoms with Crippen LogP contribution < -0.4 is 5.32 Å². The number of rotatable bonds is 6. The number of ether oxygens (including phenoxy) is 2. The van der Waals surface area contributed by atoms with E-state index in [1.54, 1.807) is 6.07 Å². The Morgan fingerprint density at radius 3 is 2.30 bits per heavy atom. The lowest BCUT2D eigenvalue weighted by atomic mass is 10.3. The second kappa shape index (κ2) is 9.22. The minimum atomic E-state index is -0.612. The molecule has 0 radical (unpaired) electrons. The maximum Gasteiger partial charge on any atom is 0.325 e. The summed E-state index contributed by atoms with van der Waals surface area (Å²) >= 11 is 11.7. The summed E-state index contributed by atoms with van der Waals surface area (Å²) in [5.41, 5.74) is 0.400. The molecule has 7 nitrogen and oxygen atoms in total. The van der Waals surface area contributed by atoms with Gasteiger partial charge in [-0.25, -0.2) is 4.79 Å². The van der Waals surface area contributed by atoms with Gasteiger partial charge in [0.1, 0.15) is 6.54 Å². The van der Waals surface area contributed by atoms with Gasteiger partial charge in [-0.15, -0.1) is 0 Å². The fourth-order valence-corrected chi connectivity index (χ4v) is 1.88. The van der Waals surface area contributed by atoms with Gasteiger partial charge in [-0.05, 0) is 18.2 Å². The number of urea groups is 1. The first kappa shape index (κ1) is 19.1. The number of hydrogen-bond acceptors (Lipinski definition) is 5. The van der Waals surface area contributed by atoms with Gasteiger partial charge in [0, 0.05) is 12.2 Å². The first-order chi connectivity index (χ1) is 10.9. The van der Waals surface area contributed by atoms with E-state index < -0.39 is 18.0 Å². The molecule has 0 aliphatic carbocycles. The topological polar surface area (TPSA) is 84.9 Å². The summed E-state index contributed by atoms with van der Waals surface area (Å²) in [5, 5.41) is 3.19. The Kier molecular flexibility index (Phi) is 7.64. The summed E-state index contributed by atoms with van der Waals surface area (Å²) in [6.45, 7) is -0.310. The maximum atomic E-state index is 12.2. The largest absolute Gasteiger partial charge is 0.469 e. The number of benzene rings is 1. The number of hydrogen-bond donors (Lipinski definition) is 1. The van der Waals surface area contributed by atoms with Crippen molar-refractivity contribution < 1.29 is 23.9 Å². The Morgan fingerprint density at radius 2 is 1.74 bits per heavy atom. The summed E-state index contributed by atoms with van der Waals surface area (Å²) in [6.07, 6.45) is -0.0533. The number of methoxy groups -OCH3 is 2. The van der Waals surface area contributed by atoms with Crippen LogP contribution in [-0.2, 0) is 19.1 Å². The molecule has 0 saturated carbocycles. The highest BCUT2D eigenvalue weighted by atomic mass is 35.5. The molecule has 1 N–H and O–H groups in total. The highest BCUT2D eigenvalue weighted by molar-refractivity contribution is 6.42. The Labute approximate surface area is 143 Å². The van der Waals surface area contributed by atoms with Crippen LogP contribution in [0.25, 0.3) is 0 Å². The van der Waals surface area contributed by atoms with E-state index in [9.17, 15) is 14.4 Å². The quantitative estimate of drug-likeness (QED) is 0.786. The number of nitrogens with zero attached hydrogens (tertiary/aromatic N) is 1. The molecule has 0 saturated heterocycles. The van der Waals surface area contributed by atoms with Gasteiger partial charge in [0.2, 0.25) is 0 Å². The van der Waals surface area contributed by atoms with Crippen LogP contribution in [0.2, 0.25) is 10.0 Å². The molecular formula is C14H16Cl2N2O5. The highest BCUT2D eigenvalue weighted by Gasteiger charge is 2.19. The zero-order chi connectivity index (χ0) is 17.4. The normalized spacial score (nSPS) is 9.91. The summed E-state index contributed by atoms with van der Waals surface area (Å²) in [5.74, 6) is -1.11. The number of carbonyl (C=O) groups is 3. The van der Waals surface area contributed by atoms with Crippen LogP contribution in [0.1, 0.15) is 6.42 Å². The van der Waals surface area contributed by atoms with Gasteiger partial charge in [-0.3, -0.25) is 9.59 Å². The van der Waals surface area contributed by atoms with E-state index in [0.29, 0.717) is 10.7 Å². The molecule has 1 aromatic rings. The number of halogens is 2. The van der Waals surface area contributed by atoms with Crippen LogP contribution in [0.15, 0.2) is 18.2 Å². The molecule has 9 heteroatoms. The lowest BCUT2D eigenvalue weighted by molar-refractivity contribution is -0.143. The molecule has 0 aliphatic rings. The average Bonchev–Trinajstić information content (AvgIpc) is 2.53. The Hall–Kier alpha value is -1.99. The lowest BCUT2D eigenvalue weighted by Gasteiger charge is -2.21. The highest BCUT2D eigenvalue weighted by Crippen LogP contribution is 2.25. The second-order valence-corrected chi connectivity index (χ2v) is 5.20. The van der Waals surface area contributed by atoms with Crippen LogP contribution in [0.3, 0.4) is 0 Å². The molecule has 0 atom stereocenters. The summed E-state index contributed by atoms with van der Waals surface area (Å²) in [4.78, 5) is 36.0. The van der Waals surface area contributed by atoms with Gasteiger partial charge < -0.3 is 19.7 Å². The first-order valence-corrected chi connectivity index (χ1v) is 7.27. The number of anilines is 1. The van der Waals surface area contributed by atoms with E-state index in [1.165, 1.54) is 26.4 Å². The number of carbonyl (C=O) groups excluding carboxylic acids is 3. The predicted octanol–water partition coefficient (Wildman–Crippen LogP) is 2.56. The molecule has 1 rings (SSSR count). The molecule has 0 aliphatic heterocycles. The second-order valence-electron chi connectivity index (χ2n) is 4.38. The fraction of sp³-hybridized carbons (Fsp3) is 0.357. The van der Waals surface area contributed by atoms with Crippen molar-refractivity contribution in [3.63, 3.8) is 0 Å². The van der Waals surface area contributed by atoms with E-state index in [-0.39, 0.29) is 24.5 Å². The third-order valence-corrected chi connectivity index (χ3v) is 3.56. The standard InChI is InChI=1S/C14H16Cl2N2O5/c1-22-12(19)5-6-18(8-13(20)23-2)14(21)17-9-3-4-10(15)11(16)7-9/h3-4,7H,5-6,8H2,1-2H3,(H,17,21). The molecule has 0 unspecified atom stereocenters. The summed E-state index contributed by atoms with van der Waals surface area (Å²) in [7, 11) is 2.44. The van der Waals surface area contributed by atoms with Crippen molar-refractivity contribution in [2.24, 2.45) is 0 Å². The number of esters is 2. The lowest BCUT2D eigenvalue weighted by Crippen LogP contribution is -2.40. The summed E-state index contributed by atoms with van der Waals surface area (Å²) < 4.78 is 9.05. The molecule has 0 heterocycles. The molecule has 126 valence electrons. The molecule has 0 bridgehead atoms. The minimum absolute atomic E-state index is 0.00503. The molecule has 1 aromatic carbocycles. The van der Waals surface area contributed by atoms with Gasteiger partial charge >= 0.3 is 18.0 Å². The van der Waals surface area contributed by atoms with Crippen LogP contribution in [0.4, 0.5) is 10.5 Å². The molecule has 0 aromatic heterocycles. The van der Waals surface area contributed by atoms with Gasteiger partial charge in [0.15, 0.2) is 0 Å². The third-order valence-electron chi connectivity index (χ3n) is 2.82. The van der Waals surface area contributed by atoms with E-state index in [0.717, 1.165) is 4.90 Å². The maximum absolute atomic E-state index is 12.2. The zero-order valence-corrected chi connectivity index (χ0v) is 14.1. The Morgan fingerprint density at radius 1 is 1.09 bits per heavy atom. The van der Waals surface area contributed by atoms with Gasteiger partial charge in [0.25, 0.3) is 0 Å². The zero-order valence-electron chi connectivity index (χ0n) is 12.6. The Balaban J connectivity index is 2.78. The van der Waals surface area contributed by atoms with Crippen molar-refractivity contribution >= 4 is 46.9 Å². The predicted molar refractivity (Wildman–Crippen MR) is 85.7 cm³/mol. The van der Waals surface area contributed by atoms with Crippen molar-refractivity contribution in [1.29, 1.82) is 0 Å². The van der Waals surface area contributed by atoms with Crippen molar-refractivity contribution in [3.8, 4) is 0 Å². The first-order valence-electron chi connectivity index (χ1n) is 6.52. The van der Waals surface area contributed by atoms with Crippen molar-refractivity contribution in [1.82, 2.24) is 4.90 Å². The number of nitrogens with one attached hydrogen (secondary N) is 1. The van der Waals surface area contributed by atoms with E-state index in [2.05, 4.69) is 14.8 Å². The molecular weight excluding hydrogens is 347 g/mol. The van der Waals surface area contributed by atoms with E-state index >= 15 is 0 Å². The van der Waals surface area contributed by atoms with E-state index in [1.807, 2.05) is 0 Å². The fourth-order valence-electron chi connectivity index (χ4n) is 1.58. The van der Waals surface area contributed by atoms with Gasteiger partial charge in [-0.1, -0.05) is 23.2 Å². The minimum Gasteiger partial charge on any atom is -0.469 e. The monoisotopic (exact) mass is 362 g/mol.